The highest BCUT2D eigenvalue weighted by Crippen LogP contribution is 2.37. The first-order chi connectivity index (χ1) is 15.1. The molecule has 0 saturated carbocycles. The Morgan fingerprint density at radius 3 is 2.61 bits per heavy atom. The van der Waals surface area contributed by atoms with Gasteiger partial charge < -0.3 is 14.4 Å². The summed E-state index contributed by atoms with van der Waals surface area (Å²) in [6, 6.07) is 11.8. The highest BCUT2D eigenvalue weighted by atomic mass is 35.5. The van der Waals surface area contributed by atoms with Crippen molar-refractivity contribution in [2.45, 2.75) is 6.42 Å². The second-order valence-electron chi connectivity index (χ2n) is 7.06. The Balaban J connectivity index is 1.80. The van der Waals surface area contributed by atoms with Crippen LogP contribution in [0.15, 0.2) is 55.0 Å². The monoisotopic (exact) mass is 437 g/mol. The van der Waals surface area contributed by atoms with Gasteiger partial charge in [-0.05, 0) is 36.8 Å². The molecule has 31 heavy (non-hydrogen) atoms. The molecule has 4 rings (SSSR count). The van der Waals surface area contributed by atoms with Gasteiger partial charge in [0.25, 0.3) is 0 Å². The summed E-state index contributed by atoms with van der Waals surface area (Å²) in [5.74, 6) is 2.07. The molecule has 0 fully saturated rings. The minimum Gasteiger partial charge on any atom is -0.497 e. The van der Waals surface area contributed by atoms with Crippen molar-refractivity contribution < 1.29 is 9.47 Å². The number of ether oxygens (including phenoxy) is 2. The lowest BCUT2D eigenvalue weighted by atomic mass is 10.1. The normalized spacial score (nSPS) is 11.0. The molecule has 7 nitrogen and oxygen atoms in total. The average Bonchev–Trinajstić information content (AvgIpc) is 3.25. The Hall–Kier alpha value is -3.32. The largest absolute Gasteiger partial charge is 0.497 e. The van der Waals surface area contributed by atoms with Crippen LogP contribution in [0.25, 0.3) is 22.3 Å². The van der Waals surface area contributed by atoms with Crippen molar-refractivity contribution in [1.29, 1.82) is 0 Å². The molecule has 0 spiro atoms. The zero-order chi connectivity index (χ0) is 21.8. The topological polar surface area (TPSA) is 65.3 Å². The SMILES string of the molecule is COc1ccc(OC)c(N(CCCCl)c2ccc3ncc(-c4cnn(C)c4)nc3c2)c1. The summed E-state index contributed by atoms with van der Waals surface area (Å²) in [5, 5.41) is 4.23. The zero-order valence-corrected chi connectivity index (χ0v) is 18.5. The number of aromatic nitrogens is 4. The number of aryl methyl sites for hydroxylation is 1. The first-order valence-corrected chi connectivity index (χ1v) is 10.5. The van der Waals surface area contributed by atoms with Crippen LogP contribution < -0.4 is 14.4 Å². The quantitative estimate of drug-likeness (QED) is 0.368. The highest BCUT2D eigenvalue weighted by Gasteiger charge is 2.17. The van der Waals surface area contributed by atoms with Crippen LogP contribution in [0.5, 0.6) is 11.5 Å². The standard InChI is InChI=1S/C23H24ClN5O2/c1-28-15-16(13-26-28)21-14-25-19-7-5-17(11-20(19)27-21)29(10-4-9-24)22-12-18(30-2)6-8-23(22)31-3/h5-8,11-15H,4,9-10H2,1-3H3. The van der Waals surface area contributed by atoms with Crippen LogP contribution in [0.4, 0.5) is 11.4 Å². The summed E-state index contributed by atoms with van der Waals surface area (Å²) in [6.07, 6.45) is 6.29. The van der Waals surface area contributed by atoms with E-state index in [1.807, 2.05) is 49.6 Å². The van der Waals surface area contributed by atoms with E-state index in [1.54, 1.807) is 31.3 Å². The second kappa shape index (κ2) is 9.22. The number of nitrogens with zero attached hydrogens (tertiary/aromatic N) is 5. The van der Waals surface area contributed by atoms with Crippen molar-refractivity contribution in [3.05, 3.63) is 55.0 Å². The molecule has 160 valence electrons. The smallest absolute Gasteiger partial charge is 0.142 e. The van der Waals surface area contributed by atoms with Crippen molar-refractivity contribution in [1.82, 2.24) is 19.7 Å². The molecule has 2 aromatic heterocycles. The number of anilines is 2. The highest BCUT2D eigenvalue weighted by molar-refractivity contribution is 6.17. The fraction of sp³-hybridized carbons (Fsp3) is 0.261. The van der Waals surface area contributed by atoms with Crippen molar-refractivity contribution in [3.63, 3.8) is 0 Å². The molecule has 2 heterocycles. The molecule has 0 N–H and O–H groups in total. The van der Waals surface area contributed by atoms with Gasteiger partial charge in [-0.25, -0.2) is 4.98 Å². The molecule has 0 aliphatic rings. The number of hydrogen-bond acceptors (Lipinski definition) is 6. The van der Waals surface area contributed by atoms with Gasteiger partial charge in [-0.1, -0.05) is 0 Å². The van der Waals surface area contributed by atoms with E-state index >= 15 is 0 Å². The van der Waals surface area contributed by atoms with Crippen molar-refractivity contribution >= 4 is 34.0 Å². The van der Waals surface area contributed by atoms with Gasteiger partial charge in [-0.3, -0.25) is 9.67 Å². The van der Waals surface area contributed by atoms with Crippen LogP contribution in [0.3, 0.4) is 0 Å². The van der Waals surface area contributed by atoms with Crippen molar-refractivity contribution in [3.8, 4) is 22.8 Å². The predicted molar refractivity (Wildman–Crippen MR) is 124 cm³/mol. The minimum atomic E-state index is 0.557. The second-order valence-corrected chi connectivity index (χ2v) is 7.44. The van der Waals surface area contributed by atoms with E-state index in [4.69, 9.17) is 26.1 Å². The van der Waals surface area contributed by atoms with Crippen LogP contribution >= 0.6 is 11.6 Å². The van der Waals surface area contributed by atoms with E-state index in [0.29, 0.717) is 12.4 Å². The van der Waals surface area contributed by atoms with Gasteiger partial charge in [-0.2, -0.15) is 5.10 Å². The van der Waals surface area contributed by atoms with E-state index in [0.717, 1.165) is 51.6 Å². The van der Waals surface area contributed by atoms with Gasteiger partial charge in [0.1, 0.15) is 11.5 Å². The first kappa shape index (κ1) is 20.9. The van der Waals surface area contributed by atoms with Crippen molar-refractivity contribution in [2.75, 3.05) is 31.5 Å². The van der Waals surface area contributed by atoms with Gasteiger partial charge in [0.15, 0.2) is 0 Å². The molecule has 0 bridgehead atoms. The molecule has 0 unspecified atom stereocenters. The lowest BCUT2D eigenvalue weighted by molar-refractivity contribution is 0.403. The maximum atomic E-state index is 6.03. The summed E-state index contributed by atoms with van der Waals surface area (Å²) in [6.45, 7) is 0.717. The molecule has 0 radical (unpaired) electrons. The van der Waals surface area contributed by atoms with Crippen LogP contribution in [0.2, 0.25) is 0 Å². The fourth-order valence-corrected chi connectivity index (χ4v) is 3.59. The average molecular weight is 438 g/mol. The number of fused-ring (bicyclic) bond motifs is 1. The Kier molecular flexibility index (Phi) is 6.23. The van der Waals surface area contributed by atoms with Gasteiger partial charge in [0, 0.05) is 43.0 Å². The number of benzene rings is 2. The molecule has 4 aromatic rings. The van der Waals surface area contributed by atoms with E-state index < -0.39 is 0 Å². The number of hydrogen-bond donors (Lipinski definition) is 0. The molecule has 0 aliphatic heterocycles. The van der Waals surface area contributed by atoms with Gasteiger partial charge in [-0.15, -0.1) is 11.6 Å². The van der Waals surface area contributed by atoms with E-state index in [-0.39, 0.29) is 0 Å². The third kappa shape index (κ3) is 4.41. The van der Waals surface area contributed by atoms with E-state index in [1.165, 1.54) is 0 Å². The first-order valence-electron chi connectivity index (χ1n) is 9.94. The lowest BCUT2D eigenvalue weighted by Crippen LogP contribution is -2.19. The third-order valence-corrected chi connectivity index (χ3v) is 5.30. The summed E-state index contributed by atoms with van der Waals surface area (Å²) < 4.78 is 12.8. The van der Waals surface area contributed by atoms with Crippen molar-refractivity contribution in [2.24, 2.45) is 7.05 Å². The van der Waals surface area contributed by atoms with Crippen LogP contribution in [0, 0.1) is 0 Å². The number of halogens is 1. The zero-order valence-electron chi connectivity index (χ0n) is 17.7. The van der Waals surface area contributed by atoms with E-state index in [9.17, 15) is 0 Å². The maximum absolute atomic E-state index is 6.03. The van der Waals surface area contributed by atoms with Gasteiger partial charge in [0.05, 0.1) is 49.0 Å². The Morgan fingerprint density at radius 1 is 1.03 bits per heavy atom. The summed E-state index contributed by atoms with van der Waals surface area (Å²) in [5.41, 5.74) is 5.21. The maximum Gasteiger partial charge on any atom is 0.142 e. The molecule has 0 saturated heterocycles. The number of rotatable bonds is 8. The fourth-order valence-electron chi connectivity index (χ4n) is 3.47. The molecule has 0 amide bonds. The van der Waals surface area contributed by atoms with Gasteiger partial charge >= 0.3 is 0 Å². The Morgan fingerprint density at radius 2 is 1.90 bits per heavy atom. The van der Waals surface area contributed by atoms with Crippen LogP contribution in [0.1, 0.15) is 6.42 Å². The molecule has 8 heteroatoms. The Bertz CT molecular complexity index is 1190. The van der Waals surface area contributed by atoms with Crippen LogP contribution in [-0.4, -0.2) is 46.4 Å². The minimum absolute atomic E-state index is 0.557. The van der Waals surface area contributed by atoms with Gasteiger partial charge in [0.2, 0.25) is 0 Å². The summed E-state index contributed by atoms with van der Waals surface area (Å²) in [7, 11) is 5.20. The summed E-state index contributed by atoms with van der Waals surface area (Å²) >= 11 is 6.03. The molecular formula is C23H24ClN5O2. The summed E-state index contributed by atoms with van der Waals surface area (Å²) in [4.78, 5) is 11.6. The molecular weight excluding hydrogens is 414 g/mol. The number of alkyl halides is 1. The lowest BCUT2D eigenvalue weighted by Gasteiger charge is -2.27. The molecule has 0 atom stereocenters. The van der Waals surface area contributed by atoms with Crippen LogP contribution in [-0.2, 0) is 7.05 Å². The predicted octanol–water partition coefficient (Wildman–Crippen LogP) is 4.81. The Labute approximate surface area is 186 Å². The third-order valence-electron chi connectivity index (χ3n) is 5.03. The number of methoxy groups -OCH3 is 2. The molecule has 0 aliphatic carbocycles. The van der Waals surface area contributed by atoms with E-state index in [2.05, 4.69) is 15.0 Å². The molecule has 2 aromatic carbocycles.